The number of aliphatic hydroxyl groups excluding tert-OH is 1. The predicted molar refractivity (Wildman–Crippen MR) is 125 cm³/mol. The summed E-state index contributed by atoms with van der Waals surface area (Å²) in [5.41, 5.74) is 1.04. The van der Waals surface area contributed by atoms with Gasteiger partial charge in [-0.05, 0) is 56.9 Å². The zero-order valence-electron chi connectivity index (χ0n) is 19.6. The summed E-state index contributed by atoms with van der Waals surface area (Å²) < 4.78 is 15.9. The summed E-state index contributed by atoms with van der Waals surface area (Å²) in [5, 5.41) is 11.3. The molecule has 0 aliphatic carbocycles. The van der Waals surface area contributed by atoms with Gasteiger partial charge in [0.1, 0.15) is 23.0 Å². The molecule has 0 radical (unpaired) electrons. The first-order chi connectivity index (χ1) is 15.8. The van der Waals surface area contributed by atoms with Crippen molar-refractivity contribution >= 4 is 17.4 Å². The highest BCUT2D eigenvalue weighted by molar-refractivity contribution is 6.46. The van der Waals surface area contributed by atoms with E-state index in [0.717, 1.165) is 6.54 Å². The highest BCUT2D eigenvalue weighted by Gasteiger charge is 2.46. The van der Waals surface area contributed by atoms with Crippen molar-refractivity contribution in [2.24, 2.45) is 0 Å². The maximum atomic E-state index is 13.1. The van der Waals surface area contributed by atoms with E-state index in [1.165, 1.54) is 19.1 Å². The van der Waals surface area contributed by atoms with E-state index in [4.69, 9.17) is 14.2 Å². The topological polar surface area (TPSA) is 88.5 Å². The third-order valence-electron chi connectivity index (χ3n) is 5.64. The summed E-state index contributed by atoms with van der Waals surface area (Å²) in [6.45, 7) is 1.13. The Morgan fingerprint density at radius 3 is 2.18 bits per heavy atom. The Balaban J connectivity index is 2.13. The summed E-state index contributed by atoms with van der Waals surface area (Å²) in [4.78, 5) is 29.7. The summed E-state index contributed by atoms with van der Waals surface area (Å²) in [7, 11) is 8.46. The molecule has 33 heavy (non-hydrogen) atoms. The van der Waals surface area contributed by atoms with Crippen molar-refractivity contribution in [1.29, 1.82) is 0 Å². The minimum atomic E-state index is -0.732. The molecule has 1 N–H and O–H groups in total. The second kappa shape index (κ2) is 10.4. The molecule has 176 valence electrons. The maximum Gasteiger partial charge on any atom is 0.295 e. The van der Waals surface area contributed by atoms with Gasteiger partial charge in [-0.15, -0.1) is 0 Å². The minimum Gasteiger partial charge on any atom is -0.507 e. The summed E-state index contributed by atoms with van der Waals surface area (Å²) >= 11 is 0. The monoisotopic (exact) mass is 454 g/mol. The van der Waals surface area contributed by atoms with Crippen molar-refractivity contribution in [2.45, 2.75) is 12.5 Å². The Morgan fingerprint density at radius 1 is 0.970 bits per heavy atom. The first-order valence-electron chi connectivity index (χ1n) is 10.6. The first kappa shape index (κ1) is 24.1. The summed E-state index contributed by atoms with van der Waals surface area (Å²) in [6.07, 6.45) is 0.679. The largest absolute Gasteiger partial charge is 0.507 e. The van der Waals surface area contributed by atoms with Crippen molar-refractivity contribution < 1.29 is 28.9 Å². The summed E-state index contributed by atoms with van der Waals surface area (Å²) in [6, 6.07) is 11.3. The molecule has 1 fully saturated rings. The number of methoxy groups -OCH3 is 3. The molecular formula is C25H30N2O6. The third kappa shape index (κ3) is 4.96. The van der Waals surface area contributed by atoms with Crippen LogP contribution in [0.1, 0.15) is 23.6 Å². The van der Waals surface area contributed by atoms with Crippen LogP contribution in [0.3, 0.4) is 0 Å². The maximum absolute atomic E-state index is 13.1. The highest BCUT2D eigenvalue weighted by Crippen LogP contribution is 2.41. The van der Waals surface area contributed by atoms with Crippen molar-refractivity contribution in [3.63, 3.8) is 0 Å². The fourth-order valence-electron chi connectivity index (χ4n) is 3.94. The SMILES string of the molecule is COc1ccc([C@@H]2C(=C(O)c3ccc(OC)cc3OC)C(=O)C(=O)N2CCCN(C)C)cc1. The molecule has 1 aliphatic rings. The molecular weight excluding hydrogens is 424 g/mol. The van der Waals surface area contributed by atoms with E-state index < -0.39 is 17.7 Å². The molecule has 0 bridgehead atoms. The molecule has 1 aliphatic heterocycles. The molecule has 2 aromatic carbocycles. The lowest BCUT2D eigenvalue weighted by atomic mass is 9.95. The van der Waals surface area contributed by atoms with E-state index in [1.54, 1.807) is 49.6 Å². The van der Waals surface area contributed by atoms with Gasteiger partial charge in [0.15, 0.2) is 0 Å². The normalized spacial score (nSPS) is 17.5. The molecule has 2 aromatic rings. The lowest BCUT2D eigenvalue weighted by Gasteiger charge is -2.26. The van der Waals surface area contributed by atoms with Gasteiger partial charge in [0.25, 0.3) is 11.7 Å². The van der Waals surface area contributed by atoms with Gasteiger partial charge >= 0.3 is 0 Å². The van der Waals surface area contributed by atoms with E-state index in [2.05, 4.69) is 0 Å². The molecule has 0 unspecified atom stereocenters. The van der Waals surface area contributed by atoms with Crippen LogP contribution in [0.5, 0.6) is 17.2 Å². The van der Waals surface area contributed by atoms with Crippen LogP contribution in [-0.2, 0) is 9.59 Å². The number of nitrogens with zero attached hydrogens (tertiary/aromatic N) is 2. The van der Waals surface area contributed by atoms with Crippen molar-refractivity contribution in [3.05, 3.63) is 59.2 Å². The Kier molecular flexibility index (Phi) is 7.60. The van der Waals surface area contributed by atoms with Crippen LogP contribution < -0.4 is 14.2 Å². The Hall–Kier alpha value is -3.52. The van der Waals surface area contributed by atoms with Gasteiger partial charge in [0.05, 0.1) is 38.5 Å². The van der Waals surface area contributed by atoms with Crippen molar-refractivity contribution in [2.75, 3.05) is 48.5 Å². The van der Waals surface area contributed by atoms with Crippen LogP contribution in [0.4, 0.5) is 0 Å². The Morgan fingerprint density at radius 2 is 1.61 bits per heavy atom. The first-order valence-corrected chi connectivity index (χ1v) is 10.6. The molecule has 8 heteroatoms. The second-order valence-corrected chi connectivity index (χ2v) is 7.99. The van der Waals surface area contributed by atoms with E-state index in [-0.39, 0.29) is 11.3 Å². The number of ketones is 1. The third-order valence-corrected chi connectivity index (χ3v) is 5.64. The van der Waals surface area contributed by atoms with Gasteiger partial charge in [-0.2, -0.15) is 0 Å². The molecule has 0 spiro atoms. The molecule has 1 saturated heterocycles. The van der Waals surface area contributed by atoms with E-state index in [0.29, 0.717) is 41.3 Å². The molecule has 1 amide bonds. The quantitative estimate of drug-likeness (QED) is 0.354. The van der Waals surface area contributed by atoms with E-state index in [9.17, 15) is 14.7 Å². The van der Waals surface area contributed by atoms with Gasteiger partial charge in [-0.25, -0.2) is 0 Å². The van der Waals surface area contributed by atoms with Gasteiger partial charge in [-0.3, -0.25) is 9.59 Å². The van der Waals surface area contributed by atoms with Gasteiger partial charge in [-0.1, -0.05) is 12.1 Å². The molecule has 0 saturated carbocycles. The number of carbonyl (C=O) groups is 2. The van der Waals surface area contributed by atoms with Crippen LogP contribution in [-0.4, -0.2) is 75.1 Å². The second-order valence-electron chi connectivity index (χ2n) is 7.99. The number of carbonyl (C=O) groups excluding carboxylic acids is 2. The standard InChI is InChI=1S/C25H30N2O6/c1-26(2)13-6-14-27-22(16-7-9-17(31-3)10-8-16)21(24(29)25(27)30)23(28)19-12-11-18(32-4)15-20(19)33-5/h7-12,15,22,28H,6,13-14H2,1-5H3/t22-/m1/s1. The molecule has 1 heterocycles. The van der Waals surface area contributed by atoms with Gasteiger partial charge < -0.3 is 29.1 Å². The van der Waals surface area contributed by atoms with Gasteiger partial charge in [0, 0.05) is 12.6 Å². The number of aliphatic hydroxyl groups is 1. The number of ether oxygens (including phenoxy) is 3. The lowest BCUT2D eigenvalue weighted by molar-refractivity contribution is -0.139. The number of benzene rings is 2. The fourth-order valence-corrected chi connectivity index (χ4v) is 3.94. The van der Waals surface area contributed by atoms with Crippen molar-refractivity contribution in [3.8, 4) is 17.2 Å². The van der Waals surface area contributed by atoms with Crippen LogP contribution in [0.25, 0.3) is 5.76 Å². The number of hydrogen-bond acceptors (Lipinski definition) is 7. The lowest BCUT2D eigenvalue weighted by Crippen LogP contribution is -2.32. The molecule has 8 nitrogen and oxygen atoms in total. The summed E-state index contributed by atoms with van der Waals surface area (Å²) in [5.74, 6) is -0.123. The van der Waals surface area contributed by atoms with Crippen LogP contribution in [0.2, 0.25) is 0 Å². The van der Waals surface area contributed by atoms with E-state index >= 15 is 0 Å². The van der Waals surface area contributed by atoms with Gasteiger partial charge in [0.2, 0.25) is 0 Å². The number of rotatable bonds is 9. The molecule has 3 rings (SSSR count). The predicted octanol–water partition coefficient (Wildman–Crippen LogP) is 3.09. The fraction of sp³-hybridized carbons (Fsp3) is 0.360. The number of Topliss-reactive ketones (excluding diaryl/α,β-unsaturated/α-hetero) is 1. The average molecular weight is 455 g/mol. The van der Waals surface area contributed by atoms with Crippen LogP contribution in [0, 0.1) is 0 Å². The zero-order chi connectivity index (χ0) is 24.1. The minimum absolute atomic E-state index is 0.0264. The Bertz CT molecular complexity index is 1050. The zero-order valence-corrected chi connectivity index (χ0v) is 19.6. The smallest absolute Gasteiger partial charge is 0.295 e. The average Bonchev–Trinajstić information content (AvgIpc) is 3.08. The van der Waals surface area contributed by atoms with E-state index in [1.807, 2.05) is 19.0 Å². The highest BCUT2D eigenvalue weighted by atomic mass is 16.5. The van der Waals surface area contributed by atoms with Crippen molar-refractivity contribution in [1.82, 2.24) is 9.80 Å². The van der Waals surface area contributed by atoms with Crippen LogP contribution >= 0.6 is 0 Å². The number of likely N-dealkylation sites (tertiary alicyclic amines) is 1. The molecule has 0 aromatic heterocycles. The number of amides is 1. The molecule has 1 atom stereocenters. The Labute approximate surface area is 194 Å². The number of hydrogen-bond donors (Lipinski definition) is 1. The van der Waals surface area contributed by atoms with Crippen LogP contribution in [0.15, 0.2) is 48.0 Å².